The third kappa shape index (κ3) is 3.78. The highest BCUT2D eigenvalue weighted by Crippen LogP contribution is 2.28. The number of thioether (sulfide) groups is 1. The van der Waals surface area contributed by atoms with Gasteiger partial charge >= 0.3 is 0 Å². The van der Waals surface area contributed by atoms with Gasteiger partial charge in [-0.25, -0.2) is 9.37 Å². The molecule has 2 aromatic heterocycles. The molecule has 30 heavy (non-hydrogen) atoms. The van der Waals surface area contributed by atoms with Crippen LogP contribution in [0.15, 0.2) is 84.0 Å². The zero-order valence-corrected chi connectivity index (χ0v) is 17.0. The summed E-state index contributed by atoms with van der Waals surface area (Å²) in [6, 6.07) is 25.2. The van der Waals surface area contributed by atoms with Gasteiger partial charge in [-0.05, 0) is 35.7 Å². The molecule has 0 aliphatic carbocycles. The van der Waals surface area contributed by atoms with Crippen LogP contribution in [0, 0.1) is 5.82 Å². The smallest absolute Gasteiger partial charge is 0.211 e. The molecule has 0 saturated carbocycles. The van der Waals surface area contributed by atoms with Crippen LogP contribution in [0.1, 0.15) is 11.1 Å². The third-order valence-electron chi connectivity index (χ3n) is 5.08. The van der Waals surface area contributed by atoms with Crippen molar-refractivity contribution in [2.24, 2.45) is 0 Å². The Morgan fingerprint density at radius 1 is 0.833 bits per heavy atom. The summed E-state index contributed by atoms with van der Waals surface area (Å²) in [6.07, 6.45) is 0.907. The van der Waals surface area contributed by atoms with Gasteiger partial charge in [-0.15, -0.1) is 10.2 Å². The first kappa shape index (κ1) is 18.8. The molecular weight excluding hydrogens is 395 g/mol. The lowest BCUT2D eigenvalue weighted by Gasteiger charge is -2.07. The highest BCUT2D eigenvalue weighted by molar-refractivity contribution is 7.98. The van der Waals surface area contributed by atoms with Crippen molar-refractivity contribution in [1.82, 2.24) is 19.7 Å². The van der Waals surface area contributed by atoms with Gasteiger partial charge in [-0.3, -0.25) is 0 Å². The number of halogens is 1. The average Bonchev–Trinajstić information content (AvgIpc) is 3.10. The number of rotatable bonds is 6. The number of para-hydroxylation sites is 1. The van der Waals surface area contributed by atoms with E-state index in [-0.39, 0.29) is 5.82 Å². The molecule has 0 amide bonds. The fourth-order valence-electron chi connectivity index (χ4n) is 3.64. The van der Waals surface area contributed by atoms with Crippen LogP contribution in [0.2, 0.25) is 0 Å². The molecule has 0 aliphatic rings. The van der Waals surface area contributed by atoms with Gasteiger partial charge in [-0.1, -0.05) is 72.4 Å². The molecule has 2 heterocycles. The summed E-state index contributed by atoms with van der Waals surface area (Å²) in [5.41, 5.74) is 4.94. The van der Waals surface area contributed by atoms with Gasteiger partial charge in [0.15, 0.2) is 5.65 Å². The van der Waals surface area contributed by atoms with Gasteiger partial charge in [0.25, 0.3) is 0 Å². The summed E-state index contributed by atoms with van der Waals surface area (Å²) >= 11 is 1.47. The second-order valence-corrected chi connectivity index (χ2v) is 8.03. The van der Waals surface area contributed by atoms with E-state index < -0.39 is 0 Å². The molecule has 0 N–H and O–H groups in total. The minimum absolute atomic E-state index is 0.233. The second-order valence-electron chi connectivity index (χ2n) is 7.09. The Balaban J connectivity index is 1.49. The van der Waals surface area contributed by atoms with Crippen molar-refractivity contribution in [2.75, 3.05) is 0 Å². The van der Waals surface area contributed by atoms with E-state index in [2.05, 4.69) is 51.2 Å². The molecule has 3 aromatic carbocycles. The number of hydrogen-bond donors (Lipinski definition) is 0. The first-order chi connectivity index (χ1) is 14.8. The molecule has 0 saturated heterocycles. The lowest BCUT2D eigenvalue weighted by atomic mass is 10.1. The van der Waals surface area contributed by atoms with Crippen molar-refractivity contribution >= 4 is 33.8 Å². The summed E-state index contributed by atoms with van der Waals surface area (Å²) in [4.78, 5) is 4.82. The molecule has 6 heteroatoms. The van der Waals surface area contributed by atoms with Crippen LogP contribution in [0.4, 0.5) is 4.39 Å². The lowest BCUT2D eigenvalue weighted by Crippen LogP contribution is -2.03. The highest BCUT2D eigenvalue weighted by atomic mass is 32.2. The Labute approximate surface area is 177 Å². The Kier molecular flexibility index (Phi) is 5.15. The maximum Gasteiger partial charge on any atom is 0.211 e. The van der Waals surface area contributed by atoms with Crippen molar-refractivity contribution in [3.63, 3.8) is 0 Å². The Bertz CT molecular complexity index is 1320. The molecule has 0 aliphatic heterocycles. The summed E-state index contributed by atoms with van der Waals surface area (Å²) in [7, 11) is 0. The van der Waals surface area contributed by atoms with E-state index in [4.69, 9.17) is 4.98 Å². The summed E-state index contributed by atoms with van der Waals surface area (Å²) in [5.74, 6) is 0.360. The molecule has 5 aromatic rings. The van der Waals surface area contributed by atoms with Crippen molar-refractivity contribution in [3.05, 3.63) is 95.8 Å². The second kappa shape index (κ2) is 8.24. The van der Waals surface area contributed by atoms with Crippen LogP contribution in [0.25, 0.3) is 22.1 Å². The van der Waals surface area contributed by atoms with E-state index in [9.17, 15) is 4.39 Å². The van der Waals surface area contributed by atoms with Crippen LogP contribution in [0.5, 0.6) is 0 Å². The first-order valence-corrected chi connectivity index (χ1v) is 10.8. The van der Waals surface area contributed by atoms with E-state index in [1.165, 1.54) is 29.5 Å². The Morgan fingerprint density at radius 3 is 2.50 bits per heavy atom. The normalized spacial score (nSPS) is 11.4. The Morgan fingerprint density at radius 2 is 1.63 bits per heavy atom. The number of fused-ring (bicyclic) bond motifs is 3. The maximum atomic E-state index is 13.4. The van der Waals surface area contributed by atoms with E-state index in [0.29, 0.717) is 10.9 Å². The average molecular weight is 415 g/mol. The van der Waals surface area contributed by atoms with Crippen LogP contribution in [-0.4, -0.2) is 19.7 Å². The zero-order valence-electron chi connectivity index (χ0n) is 16.2. The molecule has 5 rings (SSSR count). The van der Waals surface area contributed by atoms with Gasteiger partial charge in [-0.2, -0.15) is 0 Å². The standard InChI is InChI=1S/C24H19FN4S/c25-19-10-6-9-18(15-19)16-30-24-26-23-22(27-28-24)20-11-4-5-12-21(20)29(23)14-13-17-7-2-1-3-8-17/h1-12,15H,13-14,16H2. The lowest BCUT2D eigenvalue weighted by molar-refractivity contribution is 0.626. The summed E-state index contributed by atoms with van der Waals surface area (Å²) in [5, 5.41) is 10.5. The number of hydrogen-bond acceptors (Lipinski definition) is 4. The SMILES string of the molecule is Fc1cccc(CSc2nnc3c4ccccc4n(CCc4ccccc4)c3n2)c1. The number of aromatic nitrogens is 4. The largest absolute Gasteiger partial charge is 0.323 e. The number of aryl methyl sites for hydroxylation is 2. The molecule has 4 nitrogen and oxygen atoms in total. The summed E-state index contributed by atoms with van der Waals surface area (Å²) in [6.45, 7) is 0.806. The fraction of sp³-hybridized carbons (Fsp3) is 0.125. The Hall–Kier alpha value is -3.25. The van der Waals surface area contributed by atoms with Crippen molar-refractivity contribution in [2.45, 2.75) is 23.9 Å². The topological polar surface area (TPSA) is 43.6 Å². The molecular formula is C24H19FN4S. The monoisotopic (exact) mass is 414 g/mol. The predicted octanol–water partition coefficient (Wildman–Crippen LogP) is 5.65. The van der Waals surface area contributed by atoms with Crippen molar-refractivity contribution in [1.29, 1.82) is 0 Å². The van der Waals surface area contributed by atoms with Gasteiger partial charge in [0.1, 0.15) is 11.3 Å². The van der Waals surface area contributed by atoms with E-state index in [0.717, 1.165) is 40.6 Å². The molecule has 0 radical (unpaired) electrons. The van der Waals surface area contributed by atoms with Gasteiger partial charge in [0.05, 0.1) is 5.52 Å². The maximum absolute atomic E-state index is 13.4. The van der Waals surface area contributed by atoms with Crippen molar-refractivity contribution in [3.8, 4) is 0 Å². The minimum Gasteiger partial charge on any atom is -0.323 e. The molecule has 0 atom stereocenters. The summed E-state index contributed by atoms with van der Waals surface area (Å²) < 4.78 is 15.7. The molecule has 148 valence electrons. The van der Waals surface area contributed by atoms with E-state index in [1.807, 2.05) is 24.3 Å². The first-order valence-electron chi connectivity index (χ1n) is 9.81. The van der Waals surface area contributed by atoms with E-state index in [1.54, 1.807) is 6.07 Å². The van der Waals surface area contributed by atoms with Crippen LogP contribution < -0.4 is 0 Å². The number of benzene rings is 3. The van der Waals surface area contributed by atoms with Gasteiger partial charge in [0.2, 0.25) is 5.16 Å². The molecule has 0 spiro atoms. The highest BCUT2D eigenvalue weighted by Gasteiger charge is 2.15. The van der Waals surface area contributed by atoms with Gasteiger partial charge in [0, 0.05) is 17.7 Å². The van der Waals surface area contributed by atoms with Gasteiger partial charge < -0.3 is 4.57 Å². The predicted molar refractivity (Wildman–Crippen MR) is 119 cm³/mol. The quantitative estimate of drug-likeness (QED) is 0.337. The van der Waals surface area contributed by atoms with E-state index >= 15 is 0 Å². The van der Waals surface area contributed by atoms with Crippen LogP contribution >= 0.6 is 11.8 Å². The molecule has 0 fully saturated rings. The zero-order chi connectivity index (χ0) is 20.3. The van der Waals surface area contributed by atoms with Crippen LogP contribution in [0.3, 0.4) is 0 Å². The van der Waals surface area contributed by atoms with Crippen LogP contribution in [-0.2, 0) is 18.7 Å². The fourth-order valence-corrected chi connectivity index (χ4v) is 4.36. The minimum atomic E-state index is -0.233. The molecule has 0 bridgehead atoms. The molecule has 0 unspecified atom stereocenters. The third-order valence-corrected chi connectivity index (χ3v) is 5.99. The van der Waals surface area contributed by atoms with Crippen molar-refractivity contribution < 1.29 is 4.39 Å². The number of nitrogens with zero attached hydrogens (tertiary/aromatic N) is 4.